The molecule has 2 fully saturated rings. The molecule has 2 rings (SSSR count). The van der Waals surface area contributed by atoms with Gasteiger partial charge in [-0.25, -0.2) is 0 Å². The van der Waals surface area contributed by atoms with Gasteiger partial charge in [-0.05, 0) is 26.3 Å². The van der Waals surface area contributed by atoms with Crippen LogP contribution in [0.3, 0.4) is 0 Å². The number of hydrogen-bond acceptors (Lipinski definition) is 3. The van der Waals surface area contributed by atoms with Crippen LogP contribution in [0.2, 0.25) is 0 Å². The molecule has 0 aromatic carbocycles. The minimum atomic E-state index is 0.720. The van der Waals surface area contributed by atoms with Crippen LogP contribution in [0.15, 0.2) is 0 Å². The van der Waals surface area contributed by atoms with Crippen molar-refractivity contribution in [2.24, 2.45) is 0 Å². The molecule has 2 heterocycles. The van der Waals surface area contributed by atoms with Gasteiger partial charge in [0.15, 0.2) is 0 Å². The topological polar surface area (TPSA) is 27.3 Å². The molecular formula is C11H23N3. The van der Waals surface area contributed by atoms with Gasteiger partial charge in [0.1, 0.15) is 0 Å². The van der Waals surface area contributed by atoms with Gasteiger partial charge >= 0.3 is 0 Å². The average molecular weight is 197 g/mol. The fraction of sp³-hybridized carbons (Fsp3) is 1.00. The van der Waals surface area contributed by atoms with E-state index in [1.165, 1.54) is 38.9 Å². The maximum absolute atomic E-state index is 3.65. The molecule has 0 aromatic rings. The number of nitrogens with zero attached hydrogens (tertiary/aromatic N) is 1. The number of piperidine rings is 1. The molecule has 2 aliphatic rings. The van der Waals surface area contributed by atoms with Gasteiger partial charge < -0.3 is 10.6 Å². The molecule has 0 saturated carbocycles. The van der Waals surface area contributed by atoms with Crippen LogP contribution in [0.5, 0.6) is 0 Å². The van der Waals surface area contributed by atoms with Gasteiger partial charge in [0.2, 0.25) is 0 Å². The van der Waals surface area contributed by atoms with Crippen LogP contribution in [0.1, 0.15) is 26.2 Å². The Morgan fingerprint density at radius 1 is 1.14 bits per heavy atom. The Hall–Kier alpha value is -0.120. The predicted octanol–water partition coefficient (Wildman–Crippen LogP) is 0.422. The van der Waals surface area contributed by atoms with Crippen molar-refractivity contribution in [3.63, 3.8) is 0 Å². The van der Waals surface area contributed by atoms with Crippen LogP contribution < -0.4 is 10.6 Å². The van der Waals surface area contributed by atoms with Crippen molar-refractivity contribution in [1.29, 1.82) is 0 Å². The lowest BCUT2D eigenvalue weighted by atomic mass is 9.97. The largest absolute Gasteiger partial charge is 0.314 e. The van der Waals surface area contributed by atoms with E-state index in [9.17, 15) is 0 Å². The molecule has 0 spiro atoms. The fourth-order valence-electron chi connectivity index (χ4n) is 2.63. The van der Waals surface area contributed by atoms with E-state index in [1.807, 2.05) is 0 Å². The number of piperazine rings is 1. The molecule has 3 nitrogen and oxygen atoms in total. The second kappa shape index (κ2) is 5.10. The van der Waals surface area contributed by atoms with E-state index in [2.05, 4.69) is 22.5 Å². The Morgan fingerprint density at radius 2 is 1.93 bits per heavy atom. The molecule has 2 atom stereocenters. The first-order valence-corrected chi connectivity index (χ1v) is 6.06. The highest BCUT2D eigenvalue weighted by Gasteiger charge is 2.25. The molecule has 2 aliphatic heterocycles. The summed E-state index contributed by atoms with van der Waals surface area (Å²) in [5, 5.41) is 7.06. The van der Waals surface area contributed by atoms with Crippen molar-refractivity contribution in [3.05, 3.63) is 0 Å². The van der Waals surface area contributed by atoms with E-state index in [0.29, 0.717) is 0 Å². The molecule has 2 N–H and O–H groups in total. The van der Waals surface area contributed by atoms with Crippen molar-refractivity contribution in [2.45, 2.75) is 38.3 Å². The van der Waals surface area contributed by atoms with E-state index in [-0.39, 0.29) is 0 Å². The van der Waals surface area contributed by atoms with Crippen molar-refractivity contribution in [1.82, 2.24) is 15.5 Å². The van der Waals surface area contributed by atoms with Crippen molar-refractivity contribution < 1.29 is 0 Å². The third-order valence-corrected chi connectivity index (χ3v) is 3.66. The van der Waals surface area contributed by atoms with Gasteiger partial charge in [-0.15, -0.1) is 0 Å². The molecule has 14 heavy (non-hydrogen) atoms. The summed E-state index contributed by atoms with van der Waals surface area (Å²) in [4.78, 5) is 2.62. The van der Waals surface area contributed by atoms with Gasteiger partial charge in [0, 0.05) is 38.3 Å². The Bertz CT molecular complexity index is 142. The van der Waals surface area contributed by atoms with Gasteiger partial charge in [-0.3, -0.25) is 4.90 Å². The average Bonchev–Trinajstić information content (AvgIpc) is 2.30. The first-order chi connectivity index (χ1) is 6.88. The van der Waals surface area contributed by atoms with Crippen molar-refractivity contribution >= 4 is 0 Å². The summed E-state index contributed by atoms with van der Waals surface area (Å²) in [6.45, 7) is 8.38. The van der Waals surface area contributed by atoms with Crippen LogP contribution in [0.25, 0.3) is 0 Å². The summed E-state index contributed by atoms with van der Waals surface area (Å²) < 4.78 is 0. The van der Waals surface area contributed by atoms with Gasteiger partial charge in [0.05, 0.1) is 0 Å². The van der Waals surface area contributed by atoms with Crippen LogP contribution in [-0.4, -0.2) is 49.7 Å². The number of rotatable bonds is 2. The smallest absolute Gasteiger partial charge is 0.0222 e. The maximum Gasteiger partial charge on any atom is 0.0222 e. The van der Waals surface area contributed by atoms with E-state index in [1.54, 1.807) is 0 Å². The summed E-state index contributed by atoms with van der Waals surface area (Å²) in [6, 6.07) is 1.46. The van der Waals surface area contributed by atoms with Crippen molar-refractivity contribution in [3.8, 4) is 0 Å². The molecule has 3 heteroatoms. The summed E-state index contributed by atoms with van der Waals surface area (Å²) >= 11 is 0. The highest BCUT2D eigenvalue weighted by atomic mass is 15.2. The Kier molecular flexibility index (Phi) is 3.79. The van der Waals surface area contributed by atoms with E-state index < -0.39 is 0 Å². The van der Waals surface area contributed by atoms with Gasteiger partial charge in [0.25, 0.3) is 0 Å². The zero-order valence-electron chi connectivity index (χ0n) is 9.26. The quantitative estimate of drug-likeness (QED) is 0.672. The lowest BCUT2D eigenvalue weighted by Crippen LogP contribution is -2.55. The highest BCUT2D eigenvalue weighted by Crippen LogP contribution is 2.14. The Morgan fingerprint density at radius 3 is 2.57 bits per heavy atom. The van der Waals surface area contributed by atoms with E-state index in [0.717, 1.165) is 25.2 Å². The highest BCUT2D eigenvalue weighted by molar-refractivity contribution is 4.85. The minimum absolute atomic E-state index is 0.720. The van der Waals surface area contributed by atoms with Crippen LogP contribution in [-0.2, 0) is 0 Å². The number of hydrogen-bond donors (Lipinski definition) is 2. The standard InChI is InChI=1S/C11H23N3/c1-10(11-4-2-3-5-13-11)14-8-6-12-7-9-14/h10-13H,2-9H2,1H3. The monoisotopic (exact) mass is 197 g/mol. The van der Waals surface area contributed by atoms with Gasteiger partial charge in [-0.1, -0.05) is 6.42 Å². The second-order valence-corrected chi connectivity index (χ2v) is 4.58. The third-order valence-electron chi connectivity index (χ3n) is 3.66. The molecule has 2 unspecified atom stereocenters. The summed E-state index contributed by atoms with van der Waals surface area (Å²) in [6.07, 6.45) is 4.14. The Balaban J connectivity index is 1.82. The zero-order valence-corrected chi connectivity index (χ0v) is 9.26. The van der Waals surface area contributed by atoms with Gasteiger partial charge in [-0.2, -0.15) is 0 Å². The minimum Gasteiger partial charge on any atom is -0.314 e. The molecule has 0 aromatic heterocycles. The molecule has 2 saturated heterocycles. The first-order valence-electron chi connectivity index (χ1n) is 6.06. The molecule has 82 valence electrons. The molecular weight excluding hydrogens is 174 g/mol. The lowest BCUT2D eigenvalue weighted by molar-refractivity contribution is 0.138. The first kappa shape index (κ1) is 10.4. The van der Waals surface area contributed by atoms with Crippen LogP contribution >= 0.6 is 0 Å². The molecule has 0 bridgehead atoms. The number of nitrogens with one attached hydrogen (secondary N) is 2. The fourth-order valence-corrected chi connectivity index (χ4v) is 2.63. The third kappa shape index (κ3) is 2.47. The Labute approximate surface area is 87.2 Å². The lowest BCUT2D eigenvalue weighted by Gasteiger charge is -2.39. The second-order valence-electron chi connectivity index (χ2n) is 4.58. The normalized spacial score (nSPS) is 32.8. The predicted molar refractivity (Wildman–Crippen MR) is 59.5 cm³/mol. The SMILES string of the molecule is CC(C1CCCCN1)N1CCNCC1. The molecule has 0 radical (unpaired) electrons. The molecule has 0 amide bonds. The maximum atomic E-state index is 3.65. The van der Waals surface area contributed by atoms with Crippen LogP contribution in [0, 0.1) is 0 Å². The van der Waals surface area contributed by atoms with E-state index >= 15 is 0 Å². The van der Waals surface area contributed by atoms with Crippen LogP contribution in [0.4, 0.5) is 0 Å². The summed E-state index contributed by atoms with van der Waals surface area (Å²) in [5.74, 6) is 0. The molecule has 0 aliphatic carbocycles. The zero-order chi connectivity index (χ0) is 9.80. The summed E-state index contributed by atoms with van der Waals surface area (Å²) in [5.41, 5.74) is 0. The summed E-state index contributed by atoms with van der Waals surface area (Å²) in [7, 11) is 0. The van der Waals surface area contributed by atoms with Crippen molar-refractivity contribution in [2.75, 3.05) is 32.7 Å². The van der Waals surface area contributed by atoms with E-state index in [4.69, 9.17) is 0 Å².